The van der Waals surface area contributed by atoms with Gasteiger partial charge in [-0.3, -0.25) is 0 Å². The van der Waals surface area contributed by atoms with E-state index in [9.17, 15) is 4.39 Å². The third kappa shape index (κ3) is 3.69. The van der Waals surface area contributed by atoms with Gasteiger partial charge in [-0.15, -0.1) is 0 Å². The fourth-order valence-electron chi connectivity index (χ4n) is 1.75. The van der Waals surface area contributed by atoms with Crippen molar-refractivity contribution < 1.29 is 9.13 Å². The molecule has 2 aromatic rings. The third-order valence-electron chi connectivity index (χ3n) is 2.79. The molecule has 0 spiro atoms. The lowest BCUT2D eigenvalue weighted by Gasteiger charge is -2.15. The maximum atomic E-state index is 13.6. The highest BCUT2D eigenvalue weighted by molar-refractivity contribution is 6.30. The average molecular weight is 280 g/mol. The number of hydrogen-bond donors (Lipinski definition) is 1. The van der Waals surface area contributed by atoms with E-state index in [4.69, 9.17) is 22.1 Å². The fraction of sp³-hybridized carbons (Fsp3) is 0.200. The Morgan fingerprint density at radius 3 is 2.58 bits per heavy atom. The molecular weight excluding hydrogens is 265 g/mol. The van der Waals surface area contributed by atoms with Crippen molar-refractivity contribution in [2.75, 3.05) is 6.61 Å². The van der Waals surface area contributed by atoms with Gasteiger partial charge in [-0.05, 0) is 37.3 Å². The fourth-order valence-corrected chi connectivity index (χ4v) is 1.88. The number of hydrogen-bond acceptors (Lipinski definition) is 2. The Morgan fingerprint density at radius 1 is 1.21 bits per heavy atom. The molecule has 4 heteroatoms. The van der Waals surface area contributed by atoms with Crippen molar-refractivity contribution >= 4 is 11.6 Å². The number of ether oxygens (including phenoxy) is 1. The van der Waals surface area contributed by atoms with Crippen LogP contribution in [-0.2, 0) is 0 Å². The Labute approximate surface area is 117 Å². The lowest BCUT2D eigenvalue weighted by Crippen LogP contribution is -2.20. The zero-order valence-corrected chi connectivity index (χ0v) is 11.3. The summed E-state index contributed by atoms with van der Waals surface area (Å²) in [5.41, 5.74) is 7.39. The number of benzene rings is 2. The molecule has 2 nitrogen and oxygen atoms in total. The molecule has 0 aromatic heterocycles. The highest BCUT2D eigenvalue weighted by Gasteiger charge is 2.12. The molecule has 0 radical (unpaired) electrons. The van der Waals surface area contributed by atoms with E-state index in [1.54, 1.807) is 36.4 Å². The van der Waals surface area contributed by atoms with Gasteiger partial charge in [0.1, 0.15) is 18.2 Å². The summed E-state index contributed by atoms with van der Waals surface area (Å²) >= 11 is 5.78. The third-order valence-corrected chi connectivity index (χ3v) is 3.05. The van der Waals surface area contributed by atoms with E-state index >= 15 is 0 Å². The van der Waals surface area contributed by atoms with Crippen molar-refractivity contribution in [3.63, 3.8) is 0 Å². The van der Waals surface area contributed by atoms with Crippen LogP contribution in [0.15, 0.2) is 42.5 Å². The summed E-state index contributed by atoms with van der Waals surface area (Å²) < 4.78 is 19.2. The number of nitrogens with two attached hydrogens (primary N) is 1. The van der Waals surface area contributed by atoms with Crippen molar-refractivity contribution in [2.45, 2.75) is 13.0 Å². The van der Waals surface area contributed by atoms with Crippen LogP contribution in [0, 0.1) is 12.7 Å². The second kappa shape index (κ2) is 6.04. The Hall–Kier alpha value is -1.58. The first-order chi connectivity index (χ1) is 9.06. The van der Waals surface area contributed by atoms with Crippen LogP contribution in [0.2, 0.25) is 5.02 Å². The second-order valence-electron chi connectivity index (χ2n) is 4.40. The minimum absolute atomic E-state index is 0.210. The highest BCUT2D eigenvalue weighted by atomic mass is 35.5. The normalized spacial score (nSPS) is 12.2. The molecule has 0 aliphatic carbocycles. The predicted molar refractivity (Wildman–Crippen MR) is 75.0 cm³/mol. The van der Waals surface area contributed by atoms with Crippen LogP contribution in [0.3, 0.4) is 0 Å². The molecule has 0 aliphatic heterocycles. The van der Waals surface area contributed by atoms with Gasteiger partial charge in [0.15, 0.2) is 0 Å². The first kappa shape index (κ1) is 13.8. The van der Waals surface area contributed by atoms with Crippen molar-refractivity contribution in [2.24, 2.45) is 5.73 Å². The van der Waals surface area contributed by atoms with Crippen molar-refractivity contribution in [1.82, 2.24) is 0 Å². The molecule has 2 N–H and O–H groups in total. The van der Waals surface area contributed by atoms with Crippen LogP contribution in [0.25, 0.3) is 0 Å². The predicted octanol–water partition coefficient (Wildman–Crippen LogP) is 3.87. The molecule has 0 aliphatic rings. The monoisotopic (exact) mass is 279 g/mol. The van der Waals surface area contributed by atoms with E-state index in [2.05, 4.69) is 0 Å². The highest BCUT2D eigenvalue weighted by Crippen LogP contribution is 2.20. The summed E-state index contributed by atoms with van der Waals surface area (Å²) in [6, 6.07) is 11.3. The number of rotatable bonds is 4. The molecule has 0 saturated heterocycles. The molecule has 0 saturated carbocycles. The molecule has 19 heavy (non-hydrogen) atoms. The Bertz CT molecular complexity index is 557. The smallest absolute Gasteiger partial charge is 0.128 e. The lowest BCUT2D eigenvalue weighted by atomic mass is 10.1. The molecule has 0 bridgehead atoms. The van der Waals surface area contributed by atoms with Crippen LogP contribution in [0.5, 0.6) is 5.75 Å². The van der Waals surface area contributed by atoms with Gasteiger partial charge < -0.3 is 10.5 Å². The minimum atomic E-state index is -0.504. The van der Waals surface area contributed by atoms with E-state index in [-0.39, 0.29) is 12.4 Å². The van der Waals surface area contributed by atoms with Gasteiger partial charge in [-0.2, -0.15) is 0 Å². The summed E-state index contributed by atoms with van der Waals surface area (Å²) in [4.78, 5) is 0. The minimum Gasteiger partial charge on any atom is -0.492 e. The van der Waals surface area contributed by atoms with Crippen LogP contribution in [-0.4, -0.2) is 6.61 Å². The second-order valence-corrected chi connectivity index (χ2v) is 4.83. The van der Waals surface area contributed by atoms with Crippen LogP contribution in [0.4, 0.5) is 4.39 Å². The molecular formula is C15H15ClFNO. The quantitative estimate of drug-likeness (QED) is 0.922. The van der Waals surface area contributed by atoms with E-state index in [0.29, 0.717) is 16.3 Å². The maximum absolute atomic E-state index is 13.6. The summed E-state index contributed by atoms with van der Waals surface area (Å²) in [6.07, 6.45) is 0. The molecule has 1 atom stereocenters. The SMILES string of the molecule is Cc1ccc(F)c(C(N)COc2ccc(Cl)cc2)c1. The molecule has 2 aromatic carbocycles. The van der Waals surface area contributed by atoms with Gasteiger partial charge in [0.05, 0.1) is 6.04 Å². The average Bonchev–Trinajstić information content (AvgIpc) is 2.40. The van der Waals surface area contributed by atoms with E-state index in [1.807, 2.05) is 6.92 Å². The number of halogens is 2. The molecule has 1 unspecified atom stereocenters. The van der Waals surface area contributed by atoms with Crippen LogP contribution in [0.1, 0.15) is 17.2 Å². The van der Waals surface area contributed by atoms with Crippen molar-refractivity contribution in [3.8, 4) is 5.75 Å². The summed E-state index contributed by atoms with van der Waals surface area (Å²) in [6.45, 7) is 2.11. The van der Waals surface area contributed by atoms with E-state index in [0.717, 1.165) is 5.56 Å². The summed E-state index contributed by atoms with van der Waals surface area (Å²) in [5.74, 6) is 0.353. The number of aryl methyl sites for hydroxylation is 1. The Balaban J connectivity index is 2.03. The van der Waals surface area contributed by atoms with Gasteiger partial charge in [0, 0.05) is 10.6 Å². The first-order valence-corrected chi connectivity index (χ1v) is 6.34. The topological polar surface area (TPSA) is 35.2 Å². The largest absolute Gasteiger partial charge is 0.492 e. The van der Waals surface area contributed by atoms with Crippen molar-refractivity contribution in [1.29, 1.82) is 0 Å². The molecule has 0 fully saturated rings. The Morgan fingerprint density at radius 2 is 1.89 bits per heavy atom. The van der Waals surface area contributed by atoms with Gasteiger partial charge in [0.2, 0.25) is 0 Å². The summed E-state index contributed by atoms with van der Waals surface area (Å²) in [5, 5.41) is 0.640. The molecule has 0 heterocycles. The van der Waals surface area contributed by atoms with E-state index < -0.39 is 6.04 Å². The molecule has 100 valence electrons. The first-order valence-electron chi connectivity index (χ1n) is 5.96. The standard InChI is InChI=1S/C15H15ClFNO/c1-10-2-7-14(17)13(8-10)15(18)9-19-12-5-3-11(16)4-6-12/h2-8,15H,9,18H2,1H3. The lowest BCUT2D eigenvalue weighted by molar-refractivity contribution is 0.288. The van der Waals surface area contributed by atoms with Crippen LogP contribution >= 0.6 is 11.6 Å². The van der Waals surface area contributed by atoms with Crippen LogP contribution < -0.4 is 10.5 Å². The Kier molecular flexibility index (Phi) is 4.40. The molecule has 0 amide bonds. The zero-order valence-electron chi connectivity index (χ0n) is 10.6. The van der Waals surface area contributed by atoms with Crippen molar-refractivity contribution in [3.05, 3.63) is 64.4 Å². The van der Waals surface area contributed by atoms with E-state index in [1.165, 1.54) is 6.07 Å². The van der Waals surface area contributed by atoms with Gasteiger partial charge >= 0.3 is 0 Å². The van der Waals surface area contributed by atoms with Gasteiger partial charge in [0.25, 0.3) is 0 Å². The summed E-state index contributed by atoms with van der Waals surface area (Å²) in [7, 11) is 0. The maximum Gasteiger partial charge on any atom is 0.128 e. The van der Waals surface area contributed by atoms with Gasteiger partial charge in [-0.1, -0.05) is 29.3 Å². The molecule has 2 rings (SSSR count). The van der Waals surface area contributed by atoms with Gasteiger partial charge in [-0.25, -0.2) is 4.39 Å². The zero-order chi connectivity index (χ0) is 13.8.